The van der Waals surface area contributed by atoms with Gasteiger partial charge in [0.25, 0.3) is 0 Å². The second kappa shape index (κ2) is 7.88. The van der Waals surface area contributed by atoms with Gasteiger partial charge < -0.3 is 19.1 Å². The van der Waals surface area contributed by atoms with E-state index in [0.29, 0.717) is 5.56 Å². The molecule has 0 atom stereocenters. The molecule has 2 rings (SSSR count). The summed E-state index contributed by atoms with van der Waals surface area (Å²) in [6.45, 7) is 6.35. The van der Waals surface area contributed by atoms with E-state index >= 15 is 0 Å². The van der Waals surface area contributed by atoms with E-state index in [1.165, 1.54) is 19.2 Å². The number of para-hydroxylation sites is 1. The highest BCUT2D eigenvalue weighted by atomic mass is 16.5. The Labute approximate surface area is 147 Å². The zero-order chi connectivity index (χ0) is 18.6. The topological polar surface area (TPSA) is 77.8 Å². The molecule has 0 saturated heterocycles. The van der Waals surface area contributed by atoms with Gasteiger partial charge in [-0.3, -0.25) is 4.79 Å². The number of methoxy groups -OCH3 is 1. The van der Waals surface area contributed by atoms with Gasteiger partial charge in [0.2, 0.25) is 5.78 Å². The van der Waals surface area contributed by atoms with Gasteiger partial charge in [0.1, 0.15) is 5.56 Å². The normalized spacial score (nSPS) is 10.6. The average molecular weight is 345 g/mol. The lowest BCUT2D eigenvalue weighted by atomic mass is 10.1. The van der Waals surface area contributed by atoms with E-state index < -0.39 is 5.97 Å². The van der Waals surface area contributed by atoms with E-state index in [2.05, 4.69) is 11.5 Å². The molecule has 0 aliphatic rings. The predicted molar refractivity (Wildman–Crippen MR) is 93.5 cm³/mol. The Bertz CT molecular complexity index is 791. The Morgan fingerprint density at radius 3 is 2.56 bits per heavy atom. The van der Waals surface area contributed by atoms with Crippen molar-refractivity contribution in [3.05, 3.63) is 46.8 Å². The van der Waals surface area contributed by atoms with Crippen molar-refractivity contribution < 1.29 is 24.2 Å². The maximum absolute atomic E-state index is 12.4. The first kappa shape index (κ1) is 18.6. The molecule has 2 aromatic rings. The van der Waals surface area contributed by atoms with Gasteiger partial charge in [-0.2, -0.15) is 0 Å². The summed E-state index contributed by atoms with van der Waals surface area (Å²) in [6.07, 6.45) is 0.966. The van der Waals surface area contributed by atoms with Gasteiger partial charge in [-0.15, -0.1) is 0 Å². The number of Topliss-reactive ketones (excluding diaryl/α,β-unsaturated/α-hetero) is 1. The molecule has 0 saturated carbocycles. The Balaban J connectivity index is 2.10. The van der Waals surface area contributed by atoms with E-state index in [0.717, 1.165) is 24.4 Å². The summed E-state index contributed by atoms with van der Waals surface area (Å²) in [6, 6.07) is 6.32. The summed E-state index contributed by atoms with van der Waals surface area (Å²) in [5, 5.41) is 9.97. The quantitative estimate of drug-likeness (QED) is 0.615. The van der Waals surface area contributed by atoms with Crippen LogP contribution in [-0.4, -0.2) is 35.1 Å². The molecular weight excluding hydrogens is 322 g/mol. The number of hydrogen-bond donors (Lipinski definition) is 1. The number of hydrogen-bond acceptors (Lipinski definition) is 5. The van der Waals surface area contributed by atoms with Crippen molar-refractivity contribution in [3.8, 4) is 11.5 Å². The number of carbonyl (C=O) groups excluding carboxylic acids is 2. The fourth-order valence-electron chi connectivity index (χ4n) is 2.79. The Morgan fingerprint density at radius 1 is 1.20 bits per heavy atom. The van der Waals surface area contributed by atoms with Gasteiger partial charge in [0.05, 0.1) is 7.11 Å². The molecule has 134 valence electrons. The largest absolute Gasteiger partial charge is 0.504 e. The number of ketones is 1. The standard InChI is InChI=1S/C19H23NO5/c1-5-9-20-12(2)10-15(13(20)3)16(21)11-25-19(23)14-7-6-8-17(24-4)18(14)22/h6-8,10,22H,5,9,11H2,1-4H3. The van der Waals surface area contributed by atoms with Crippen LogP contribution in [0, 0.1) is 13.8 Å². The van der Waals surface area contributed by atoms with E-state index in [9.17, 15) is 14.7 Å². The second-order valence-corrected chi connectivity index (χ2v) is 5.79. The summed E-state index contributed by atoms with van der Waals surface area (Å²) in [5.74, 6) is -1.18. The SMILES string of the molecule is CCCn1c(C)cc(C(=O)COC(=O)c2cccc(OC)c2O)c1C. The van der Waals surface area contributed by atoms with Gasteiger partial charge in [0, 0.05) is 23.5 Å². The summed E-state index contributed by atoms with van der Waals surface area (Å²) >= 11 is 0. The Morgan fingerprint density at radius 2 is 1.92 bits per heavy atom. The zero-order valence-corrected chi connectivity index (χ0v) is 15.0. The lowest BCUT2D eigenvalue weighted by Crippen LogP contribution is -2.15. The molecule has 25 heavy (non-hydrogen) atoms. The molecule has 6 heteroatoms. The molecule has 0 spiro atoms. The van der Waals surface area contributed by atoms with Crippen molar-refractivity contribution in [2.75, 3.05) is 13.7 Å². The number of nitrogens with zero attached hydrogens (tertiary/aromatic N) is 1. The Kier molecular flexibility index (Phi) is 5.85. The monoisotopic (exact) mass is 345 g/mol. The minimum absolute atomic E-state index is 0.0383. The number of aromatic nitrogens is 1. The molecule has 1 aromatic carbocycles. The lowest BCUT2D eigenvalue weighted by Gasteiger charge is -2.09. The maximum Gasteiger partial charge on any atom is 0.342 e. The van der Waals surface area contributed by atoms with Gasteiger partial charge in [-0.25, -0.2) is 4.79 Å². The van der Waals surface area contributed by atoms with Crippen molar-refractivity contribution in [1.29, 1.82) is 0 Å². The van der Waals surface area contributed by atoms with Crippen molar-refractivity contribution in [2.45, 2.75) is 33.7 Å². The first-order valence-electron chi connectivity index (χ1n) is 8.13. The summed E-state index contributed by atoms with van der Waals surface area (Å²) in [5.41, 5.74) is 2.38. The van der Waals surface area contributed by atoms with E-state index in [-0.39, 0.29) is 29.5 Å². The fourth-order valence-corrected chi connectivity index (χ4v) is 2.79. The molecule has 0 amide bonds. The highest BCUT2D eigenvalue weighted by Gasteiger charge is 2.20. The third-order valence-electron chi connectivity index (χ3n) is 4.09. The number of carbonyl (C=O) groups is 2. The number of aromatic hydroxyl groups is 1. The first-order chi connectivity index (χ1) is 11.9. The van der Waals surface area contributed by atoms with Crippen molar-refractivity contribution in [3.63, 3.8) is 0 Å². The summed E-state index contributed by atoms with van der Waals surface area (Å²) in [4.78, 5) is 24.5. The van der Waals surface area contributed by atoms with Crippen molar-refractivity contribution in [1.82, 2.24) is 4.57 Å². The molecular formula is C19H23NO5. The number of ether oxygens (including phenoxy) is 2. The highest BCUT2D eigenvalue weighted by molar-refractivity contribution is 6.01. The number of rotatable bonds is 7. The second-order valence-electron chi connectivity index (χ2n) is 5.79. The summed E-state index contributed by atoms with van der Waals surface area (Å²) < 4.78 is 12.1. The van der Waals surface area contributed by atoms with E-state index in [4.69, 9.17) is 9.47 Å². The third-order valence-corrected chi connectivity index (χ3v) is 4.09. The first-order valence-corrected chi connectivity index (χ1v) is 8.13. The van der Waals surface area contributed by atoms with Crippen LogP contribution in [0.2, 0.25) is 0 Å². The van der Waals surface area contributed by atoms with E-state index in [1.54, 1.807) is 6.07 Å². The van der Waals surface area contributed by atoms with Gasteiger partial charge in [-0.1, -0.05) is 13.0 Å². The van der Waals surface area contributed by atoms with Crippen LogP contribution < -0.4 is 4.74 Å². The molecule has 1 N–H and O–H groups in total. The fraction of sp³-hybridized carbons (Fsp3) is 0.368. The van der Waals surface area contributed by atoms with Crippen LogP contribution in [0.1, 0.15) is 45.4 Å². The van der Waals surface area contributed by atoms with Crippen LogP contribution in [0.15, 0.2) is 24.3 Å². The van der Waals surface area contributed by atoms with Gasteiger partial charge in [-0.05, 0) is 38.5 Å². The van der Waals surface area contributed by atoms with Crippen LogP contribution in [0.25, 0.3) is 0 Å². The molecule has 0 fully saturated rings. The lowest BCUT2D eigenvalue weighted by molar-refractivity contribution is 0.0471. The Hall–Kier alpha value is -2.76. The number of benzene rings is 1. The molecule has 1 aromatic heterocycles. The van der Waals surface area contributed by atoms with Crippen LogP contribution in [-0.2, 0) is 11.3 Å². The molecule has 0 aliphatic heterocycles. The molecule has 0 unspecified atom stereocenters. The van der Waals surface area contributed by atoms with Gasteiger partial charge >= 0.3 is 5.97 Å². The molecule has 0 radical (unpaired) electrons. The number of phenols is 1. The van der Waals surface area contributed by atoms with Crippen molar-refractivity contribution in [2.24, 2.45) is 0 Å². The minimum atomic E-state index is -0.771. The maximum atomic E-state index is 12.4. The third kappa shape index (κ3) is 3.84. The van der Waals surface area contributed by atoms with Crippen LogP contribution in [0.5, 0.6) is 11.5 Å². The van der Waals surface area contributed by atoms with Gasteiger partial charge in [0.15, 0.2) is 18.1 Å². The number of phenolic OH excluding ortho intramolecular Hbond substituents is 1. The van der Waals surface area contributed by atoms with Crippen LogP contribution in [0.4, 0.5) is 0 Å². The number of aryl methyl sites for hydroxylation is 1. The minimum Gasteiger partial charge on any atom is -0.504 e. The predicted octanol–water partition coefficient (Wildman–Crippen LogP) is 3.27. The zero-order valence-electron chi connectivity index (χ0n) is 15.0. The van der Waals surface area contributed by atoms with Crippen LogP contribution >= 0.6 is 0 Å². The summed E-state index contributed by atoms with van der Waals surface area (Å²) in [7, 11) is 1.39. The van der Waals surface area contributed by atoms with Crippen molar-refractivity contribution >= 4 is 11.8 Å². The molecule has 0 aliphatic carbocycles. The molecule has 6 nitrogen and oxygen atoms in total. The van der Waals surface area contributed by atoms with E-state index in [1.807, 2.05) is 19.9 Å². The number of esters is 1. The smallest absolute Gasteiger partial charge is 0.342 e. The molecule has 1 heterocycles. The van der Waals surface area contributed by atoms with Crippen LogP contribution in [0.3, 0.4) is 0 Å². The molecule has 0 bridgehead atoms. The highest BCUT2D eigenvalue weighted by Crippen LogP contribution is 2.29. The average Bonchev–Trinajstić information content (AvgIpc) is 2.88.